The molecule has 0 saturated heterocycles. The van der Waals surface area contributed by atoms with Crippen molar-refractivity contribution in [1.82, 2.24) is 5.32 Å². The number of ether oxygens (including phenoxy) is 1. The Hall–Kier alpha value is -0.680. The van der Waals surface area contributed by atoms with E-state index < -0.39 is 6.04 Å². The van der Waals surface area contributed by atoms with Crippen molar-refractivity contribution >= 4 is 0 Å². The molecule has 0 radical (unpaired) electrons. The molecule has 0 saturated carbocycles. The SMILES string of the molecule is CNCCOC(C)[C@@H](C)[N+](=O)[O-]. The van der Waals surface area contributed by atoms with Gasteiger partial charge in [0.05, 0.1) is 6.61 Å². The number of nitrogens with one attached hydrogen (secondary N) is 1. The summed E-state index contributed by atoms with van der Waals surface area (Å²) in [6, 6.07) is -0.637. The topological polar surface area (TPSA) is 64.4 Å². The summed E-state index contributed by atoms with van der Waals surface area (Å²) in [7, 11) is 1.81. The number of likely N-dealkylation sites (N-methyl/N-ethyl adjacent to an activating group) is 1. The van der Waals surface area contributed by atoms with Crippen LogP contribution in [0.1, 0.15) is 13.8 Å². The lowest BCUT2D eigenvalue weighted by Gasteiger charge is -2.13. The molecule has 2 atom stereocenters. The van der Waals surface area contributed by atoms with Crippen molar-refractivity contribution in [1.29, 1.82) is 0 Å². The molecule has 0 rings (SSSR count). The average molecular weight is 176 g/mol. The van der Waals surface area contributed by atoms with Crippen molar-refractivity contribution in [3.63, 3.8) is 0 Å². The summed E-state index contributed by atoms with van der Waals surface area (Å²) in [6.07, 6.45) is -0.326. The Bertz CT molecular complexity index is 141. The average Bonchev–Trinajstić information content (AvgIpc) is 2.03. The maximum Gasteiger partial charge on any atom is 0.235 e. The van der Waals surface area contributed by atoms with Crippen LogP contribution in [0.4, 0.5) is 0 Å². The Balaban J connectivity index is 3.56. The van der Waals surface area contributed by atoms with Gasteiger partial charge in [0.1, 0.15) is 6.10 Å². The van der Waals surface area contributed by atoms with Crippen LogP contribution >= 0.6 is 0 Å². The quantitative estimate of drug-likeness (QED) is 0.358. The second-order valence-electron chi connectivity index (χ2n) is 2.71. The molecule has 0 heterocycles. The van der Waals surface area contributed by atoms with E-state index in [2.05, 4.69) is 5.32 Å². The molecule has 0 aliphatic heterocycles. The van der Waals surface area contributed by atoms with Crippen LogP contribution in [0.2, 0.25) is 0 Å². The van der Waals surface area contributed by atoms with Gasteiger partial charge in [0, 0.05) is 18.4 Å². The van der Waals surface area contributed by atoms with E-state index in [1.54, 1.807) is 13.8 Å². The molecule has 5 heteroatoms. The third kappa shape index (κ3) is 4.25. The fraction of sp³-hybridized carbons (Fsp3) is 1.00. The van der Waals surface area contributed by atoms with Crippen LogP contribution in [0, 0.1) is 10.1 Å². The van der Waals surface area contributed by atoms with Gasteiger partial charge in [-0.1, -0.05) is 0 Å². The number of hydrogen-bond acceptors (Lipinski definition) is 4. The molecule has 0 fully saturated rings. The van der Waals surface area contributed by atoms with E-state index in [-0.39, 0.29) is 11.0 Å². The van der Waals surface area contributed by atoms with Gasteiger partial charge < -0.3 is 10.1 Å². The van der Waals surface area contributed by atoms with Crippen molar-refractivity contribution in [2.45, 2.75) is 26.0 Å². The Morgan fingerprint density at radius 3 is 2.58 bits per heavy atom. The highest BCUT2D eigenvalue weighted by atomic mass is 16.6. The van der Waals surface area contributed by atoms with Crippen molar-refractivity contribution in [3.05, 3.63) is 10.1 Å². The Kier molecular flexibility index (Phi) is 5.57. The van der Waals surface area contributed by atoms with Gasteiger partial charge in [-0.2, -0.15) is 0 Å². The molecular weight excluding hydrogens is 160 g/mol. The molecule has 72 valence electrons. The Labute approximate surface area is 72.2 Å². The number of nitrogens with zero attached hydrogens (tertiary/aromatic N) is 1. The summed E-state index contributed by atoms with van der Waals surface area (Å²) >= 11 is 0. The highest BCUT2D eigenvalue weighted by Crippen LogP contribution is 2.00. The number of hydrogen-bond donors (Lipinski definition) is 1. The first-order chi connectivity index (χ1) is 5.59. The maximum absolute atomic E-state index is 10.3. The fourth-order valence-electron chi connectivity index (χ4n) is 0.658. The smallest absolute Gasteiger partial charge is 0.235 e. The highest BCUT2D eigenvalue weighted by molar-refractivity contribution is 4.58. The summed E-state index contributed by atoms with van der Waals surface area (Å²) in [4.78, 5) is 9.95. The molecule has 0 aromatic carbocycles. The monoisotopic (exact) mass is 176 g/mol. The van der Waals surface area contributed by atoms with Crippen LogP contribution in [-0.4, -0.2) is 37.3 Å². The molecular formula is C7H16N2O3. The van der Waals surface area contributed by atoms with Crippen molar-refractivity contribution < 1.29 is 9.66 Å². The third-order valence-corrected chi connectivity index (χ3v) is 1.74. The first-order valence-electron chi connectivity index (χ1n) is 3.99. The lowest BCUT2D eigenvalue weighted by molar-refractivity contribution is -0.530. The summed E-state index contributed by atoms with van der Waals surface area (Å²) in [5, 5.41) is 13.2. The van der Waals surface area contributed by atoms with E-state index in [0.29, 0.717) is 6.61 Å². The van der Waals surface area contributed by atoms with E-state index in [1.165, 1.54) is 0 Å². The van der Waals surface area contributed by atoms with Crippen LogP contribution in [0.3, 0.4) is 0 Å². The first-order valence-corrected chi connectivity index (χ1v) is 3.99. The van der Waals surface area contributed by atoms with E-state index >= 15 is 0 Å². The lowest BCUT2D eigenvalue weighted by atomic mass is 10.2. The zero-order valence-electron chi connectivity index (χ0n) is 7.74. The molecule has 0 bridgehead atoms. The normalized spacial score (nSPS) is 15.6. The largest absolute Gasteiger partial charge is 0.370 e. The molecule has 0 aliphatic rings. The maximum atomic E-state index is 10.3. The van der Waals surface area contributed by atoms with Crippen molar-refractivity contribution in [3.8, 4) is 0 Å². The Morgan fingerprint density at radius 2 is 2.17 bits per heavy atom. The minimum Gasteiger partial charge on any atom is -0.370 e. The van der Waals surface area contributed by atoms with Gasteiger partial charge in [0.15, 0.2) is 0 Å². The van der Waals surface area contributed by atoms with Gasteiger partial charge in [-0.05, 0) is 14.0 Å². The van der Waals surface area contributed by atoms with E-state index in [0.717, 1.165) is 6.54 Å². The molecule has 0 aliphatic carbocycles. The molecule has 0 aromatic heterocycles. The van der Waals surface area contributed by atoms with E-state index in [1.807, 2.05) is 7.05 Å². The van der Waals surface area contributed by atoms with Crippen LogP contribution in [0.5, 0.6) is 0 Å². The summed E-state index contributed by atoms with van der Waals surface area (Å²) in [5.74, 6) is 0. The standard InChI is InChI=1S/C7H16N2O3/c1-6(9(10)11)7(2)12-5-4-8-3/h6-8H,4-5H2,1-3H3/t6-,7?/m1/s1. The van der Waals surface area contributed by atoms with Crippen LogP contribution in [0.25, 0.3) is 0 Å². The molecule has 1 N–H and O–H groups in total. The second-order valence-corrected chi connectivity index (χ2v) is 2.71. The summed E-state index contributed by atoms with van der Waals surface area (Å²) in [6.45, 7) is 4.48. The molecule has 0 amide bonds. The van der Waals surface area contributed by atoms with Gasteiger partial charge >= 0.3 is 0 Å². The predicted octanol–water partition coefficient (Wildman–Crippen LogP) is 0.276. The van der Waals surface area contributed by atoms with Crippen LogP contribution in [-0.2, 0) is 4.74 Å². The number of nitro groups is 1. The molecule has 12 heavy (non-hydrogen) atoms. The first kappa shape index (κ1) is 11.3. The lowest BCUT2D eigenvalue weighted by Crippen LogP contribution is -2.32. The Morgan fingerprint density at radius 1 is 1.58 bits per heavy atom. The molecule has 0 aromatic rings. The minimum atomic E-state index is -0.637. The highest BCUT2D eigenvalue weighted by Gasteiger charge is 2.21. The van der Waals surface area contributed by atoms with Gasteiger partial charge in [-0.15, -0.1) is 0 Å². The zero-order valence-corrected chi connectivity index (χ0v) is 7.74. The van der Waals surface area contributed by atoms with Crippen molar-refractivity contribution in [2.75, 3.05) is 20.2 Å². The predicted molar refractivity (Wildman–Crippen MR) is 45.8 cm³/mol. The minimum absolute atomic E-state index is 0.326. The number of rotatable bonds is 6. The third-order valence-electron chi connectivity index (χ3n) is 1.74. The van der Waals surface area contributed by atoms with Gasteiger partial charge in [-0.3, -0.25) is 10.1 Å². The van der Waals surface area contributed by atoms with Gasteiger partial charge in [-0.25, -0.2) is 0 Å². The van der Waals surface area contributed by atoms with E-state index in [9.17, 15) is 10.1 Å². The van der Waals surface area contributed by atoms with Crippen LogP contribution in [0.15, 0.2) is 0 Å². The van der Waals surface area contributed by atoms with Gasteiger partial charge in [0.25, 0.3) is 0 Å². The van der Waals surface area contributed by atoms with Crippen LogP contribution < -0.4 is 5.32 Å². The molecule has 0 spiro atoms. The fourth-order valence-corrected chi connectivity index (χ4v) is 0.658. The second kappa shape index (κ2) is 5.91. The van der Waals surface area contributed by atoms with Gasteiger partial charge in [0.2, 0.25) is 6.04 Å². The van der Waals surface area contributed by atoms with E-state index in [4.69, 9.17) is 4.74 Å². The summed E-state index contributed by atoms with van der Waals surface area (Å²) in [5.41, 5.74) is 0. The zero-order chi connectivity index (χ0) is 9.56. The molecule has 5 nitrogen and oxygen atoms in total. The van der Waals surface area contributed by atoms with Crippen molar-refractivity contribution in [2.24, 2.45) is 0 Å². The molecule has 1 unspecified atom stereocenters. The summed E-state index contributed by atoms with van der Waals surface area (Å²) < 4.78 is 5.20.